The summed E-state index contributed by atoms with van der Waals surface area (Å²) in [5, 5.41) is 1.27. The maximum absolute atomic E-state index is 13.0. The second-order valence-electron chi connectivity index (χ2n) is 4.44. The van der Waals surface area contributed by atoms with Crippen LogP contribution in [-0.2, 0) is 10.7 Å². The molecule has 0 unspecified atom stereocenters. The molecule has 0 aromatic heterocycles. The van der Waals surface area contributed by atoms with E-state index in [4.69, 9.17) is 0 Å². The van der Waals surface area contributed by atoms with Crippen molar-refractivity contribution < 1.29 is 8.78 Å². The fourth-order valence-corrected chi connectivity index (χ4v) is 2.75. The van der Waals surface area contributed by atoms with E-state index in [1.54, 1.807) is 19.1 Å². The zero-order valence-corrected chi connectivity index (χ0v) is 16.9. The van der Waals surface area contributed by atoms with Gasteiger partial charge in [0, 0.05) is 16.2 Å². The topological polar surface area (TPSA) is 12.4 Å². The molecule has 2 rings (SSSR count). The zero-order chi connectivity index (χ0) is 17.8. The molecule has 0 spiro atoms. The minimum atomic E-state index is -0.140. The Balaban J connectivity index is 0.000000365. The standard InChI is InChI=1S/C8H7Br2F.C8H9F.BHNS/c9-4-6-2-1-3-8(11)7(6)5-10;1-6-4-3-5-8(9)7(6)2;1-2-3/h1-3H,4-5H2;3-5H,1-2H3;3H. The van der Waals surface area contributed by atoms with Gasteiger partial charge in [-0.3, -0.25) is 0 Å². The monoisotopic (exact) mass is 462 g/mol. The first kappa shape index (κ1) is 22.5. The summed E-state index contributed by atoms with van der Waals surface area (Å²) in [7, 11) is 4.34. The van der Waals surface area contributed by atoms with E-state index in [2.05, 4.69) is 56.6 Å². The number of thiol groups is 1. The second-order valence-corrected chi connectivity index (χ2v) is 5.79. The normalized spacial score (nSPS) is 9.13. The van der Waals surface area contributed by atoms with Crippen LogP contribution in [0.4, 0.5) is 8.78 Å². The number of alkyl halides is 2. The molecule has 2 aromatic carbocycles. The summed E-state index contributed by atoms with van der Waals surface area (Å²) in [6.45, 7) is 3.68. The second kappa shape index (κ2) is 12.8. The van der Waals surface area contributed by atoms with E-state index < -0.39 is 0 Å². The third-order valence-corrected chi connectivity index (χ3v) is 4.20. The summed E-state index contributed by atoms with van der Waals surface area (Å²) in [5.74, 6) is -0.256. The third kappa shape index (κ3) is 8.22. The molecule has 7 heteroatoms. The average molecular weight is 464 g/mol. The Hall–Kier alpha value is -0.525. The van der Waals surface area contributed by atoms with E-state index in [-0.39, 0.29) is 11.6 Å². The van der Waals surface area contributed by atoms with E-state index >= 15 is 0 Å². The number of benzene rings is 2. The number of hydrogen-bond donors (Lipinski definition) is 1. The first-order valence-electron chi connectivity index (χ1n) is 6.57. The number of rotatable bonds is 2. The van der Waals surface area contributed by atoms with Crippen molar-refractivity contribution in [3.05, 3.63) is 70.3 Å². The van der Waals surface area contributed by atoms with Gasteiger partial charge in [-0.25, -0.2) is 8.78 Å². The Kier molecular flexibility index (Phi) is 12.6. The number of nitrogens with zero attached hydrogens (tertiary/aromatic N) is 1. The zero-order valence-electron chi connectivity index (χ0n) is 12.9. The van der Waals surface area contributed by atoms with Crippen molar-refractivity contribution in [1.82, 2.24) is 0 Å². The Morgan fingerprint density at radius 1 is 1.00 bits per heavy atom. The van der Waals surface area contributed by atoms with Crippen LogP contribution in [-0.4, -0.2) is 7.64 Å². The molecule has 2 aromatic rings. The summed E-state index contributed by atoms with van der Waals surface area (Å²) in [4.78, 5) is 0. The quantitative estimate of drug-likeness (QED) is 0.307. The van der Waals surface area contributed by atoms with Crippen LogP contribution in [0.2, 0.25) is 0 Å². The molecule has 0 atom stereocenters. The molecule has 1 nitrogen and oxygen atoms in total. The first-order valence-corrected chi connectivity index (χ1v) is 9.21. The van der Waals surface area contributed by atoms with E-state index in [1.165, 1.54) is 12.1 Å². The van der Waals surface area contributed by atoms with E-state index in [1.807, 2.05) is 19.1 Å². The van der Waals surface area contributed by atoms with E-state index in [0.29, 0.717) is 10.7 Å². The van der Waals surface area contributed by atoms with Crippen molar-refractivity contribution in [1.29, 1.82) is 0 Å². The van der Waals surface area contributed by atoms with Crippen molar-refractivity contribution >= 4 is 52.3 Å². The van der Waals surface area contributed by atoms with Gasteiger partial charge in [0.2, 0.25) is 0 Å². The number of halogens is 4. The molecule has 0 aliphatic heterocycles. The molecule has 0 saturated heterocycles. The van der Waals surface area contributed by atoms with Gasteiger partial charge in [-0.05, 0) is 42.7 Å². The van der Waals surface area contributed by atoms with Gasteiger partial charge in [-0.15, -0.1) is 0 Å². The van der Waals surface area contributed by atoms with Gasteiger partial charge >= 0.3 is 24.8 Å². The summed E-state index contributed by atoms with van der Waals surface area (Å²) in [6.07, 6.45) is 0. The van der Waals surface area contributed by atoms with Crippen molar-refractivity contribution in [3.8, 4) is 0 Å². The van der Waals surface area contributed by atoms with Crippen molar-refractivity contribution in [2.24, 2.45) is 4.30 Å². The van der Waals surface area contributed by atoms with Crippen LogP contribution in [0.25, 0.3) is 0 Å². The van der Waals surface area contributed by atoms with Crippen molar-refractivity contribution in [2.45, 2.75) is 24.5 Å². The molecule has 0 bridgehead atoms. The van der Waals surface area contributed by atoms with Gasteiger partial charge in [0.1, 0.15) is 11.6 Å². The van der Waals surface area contributed by atoms with Crippen LogP contribution in [0.1, 0.15) is 22.3 Å². The molecular weight excluding hydrogens is 447 g/mol. The molecule has 23 heavy (non-hydrogen) atoms. The molecule has 0 heterocycles. The molecule has 0 amide bonds. The average Bonchev–Trinajstić information content (AvgIpc) is 2.53. The van der Waals surface area contributed by atoms with Crippen LogP contribution >= 0.6 is 44.7 Å². The maximum atomic E-state index is 13.0. The molecule has 0 aliphatic carbocycles. The van der Waals surface area contributed by atoms with Crippen molar-refractivity contribution in [2.75, 3.05) is 0 Å². The van der Waals surface area contributed by atoms with Crippen LogP contribution in [0, 0.1) is 25.5 Å². The molecular formula is C16H17BBr2F2NS. The van der Waals surface area contributed by atoms with Crippen LogP contribution in [0.3, 0.4) is 0 Å². The Bertz CT molecular complexity index is 607. The molecule has 1 radical (unpaired) electrons. The van der Waals surface area contributed by atoms with Crippen LogP contribution in [0.15, 0.2) is 40.7 Å². The predicted molar refractivity (Wildman–Crippen MR) is 105 cm³/mol. The van der Waals surface area contributed by atoms with Crippen molar-refractivity contribution in [3.63, 3.8) is 0 Å². The fraction of sp³-hybridized carbons (Fsp3) is 0.250. The van der Waals surface area contributed by atoms with Gasteiger partial charge in [0.25, 0.3) is 0 Å². The molecule has 123 valence electrons. The molecule has 0 saturated carbocycles. The Morgan fingerprint density at radius 3 is 1.91 bits per heavy atom. The summed E-state index contributed by atoms with van der Waals surface area (Å²) in [6, 6.07) is 10.2. The molecule has 0 N–H and O–H groups in total. The Morgan fingerprint density at radius 2 is 1.52 bits per heavy atom. The predicted octanol–water partition coefficient (Wildman–Crippen LogP) is 6.24. The van der Waals surface area contributed by atoms with Crippen LogP contribution < -0.4 is 0 Å². The SMILES string of the molecule is Cc1cccc(F)c1C.Fc1cccc(CBr)c1CBr.[B]=NS. The van der Waals surface area contributed by atoms with Gasteiger partial charge in [-0.1, -0.05) is 56.1 Å². The molecule has 0 aliphatic rings. The number of hydrogen-bond acceptors (Lipinski definition) is 2. The first-order chi connectivity index (χ1) is 10.9. The van der Waals surface area contributed by atoms with Crippen LogP contribution in [0.5, 0.6) is 0 Å². The minimum absolute atomic E-state index is 0.116. The number of aryl methyl sites for hydroxylation is 1. The fourth-order valence-electron chi connectivity index (χ4n) is 1.59. The van der Waals surface area contributed by atoms with Gasteiger partial charge in [0.05, 0.1) is 0 Å². The summed E-state index contributed by atoms with van der Waals surface area (Å²) in [5.41, 5.74) is 3.50. The summed E-state index contributed by atoms with van der Waals surface area (Å²) < 4.78 is 28.3. The van der Waals surface area contributed by atoms with E-state index in [0.717, 1.165) is 22.3 Å². The summed E-state index contributed by atoms with van der Waals surface area (Å²) >= 11 is 9.73. The van der Waals surface area contributed by atoms with Gasteiger partial charge in [0.15, 0.2) is 0 Å². The van der Waals surface area contributed by atoms with Gasteiger partial charge in [-0.2, -0.15) is 0 Å². The third-order valence-electron chi connectivity index (χ3n) is 3.03. The van der Waals surface area contributed by atoms with E-state index in [9.17, 15) is 8.78 Å². The van der Waals surface area contributed by atoms with Gasteiger partial charge < -0.3 is 0 Å². The molecule has 0 fully saturated rings. The Labute approximate surface area is 159 Å².